The molecule has 3 nitrogen and oxygen atoms in total. The highest BCUT2D eigenvalue weighted by atomic mass is 35.5. The smallest absolute Gasteiger partial charge is 0.306 e. The van der Waals surface area contributed by atoms with E-state index in [4.69, 9.17) is 0 Å². The summed E-state index contributed by atoms with van der Waals surface area (Å²) in [7, 11) is 5.24. The largest absolute Gasteiger partial charge is 0.469 e. The first-order valence-corrected chi connectivity index (χ1v) is 2.88. The lowest BCUT2D eigenvalue weighted by atomic mass is 10.4. The van der Waals surface area contributed by atoms with E-state index in [1.165, 1.54) is 7.11 Å². The van der Waals surface area contributed by atoms with Gasteiger partial charge in [-0.05, 0) is 14.1 Å². The molecule has 0 unspecified atom stereocenters. The van der Waals surface area contributed by atoms with Gasteiger partial charge < -0.3 is 9.64 Å². The van der Waals surface area contributed by atoms with Gasteiger partial charge in [0.25, 0.3) is 0 Å². The molecule has 0 aliphatic rings. The third kappa shape index (κ3) is 13.1. The van der Waals surface area contributed by atoms with Crippen molar-refractivity contribution in [1.29, 1.82) is 0 Å². The van der Waals surface area contributed by atoms with Crippen LogP contribution in [0, 0.1) is 0 Å². The number of nitrogens with zero attached hydrogens (tertiary/aromatic N) is 1. The first-order chi connectivity index (χ1) is 4.16. The van der Waals surface area contributed by atoms with Gasteiger partial charge in [-0.2, -0.15) is 0 Å². The van der Waals surface area contributed by atoms with Gasteiger partial charge in [-0.1, -0.05) is 0 Å². The van der Waals surface area contributed by atoms with Crippen LogP contribution in [-0.4, -0.2) is 38.6 Å². The predicted molar refractivity (Wildman–Crippen MR) is 49.7 cm³/mol. The summed E-state index contributed by atoms with van der Waals surface area (Å²) in [6.07, 6.45) is 0.476. The van der Waals surface area contributed by atoms with Gasteiger partial charge in [0.15, 0.2) is 0 Å². The molecule has 0 radical (unpaired) electrons. The molecular weight excluding hydrogens is 189 g/mol. The average molecular weight is 204 g/mol. The minimum atomic E-state index is -0.149. The van der Waals surface area contributed by atoms with Gasteiger partial charge >= 0.3 is 5.97 Å². The number of hydrogen-bond donors (Lipinski definition) is 0. The molecule has 0 aliphatic heterocycles. The number of halogens is 2. The predicted octanol–water partition coefficient (Wildman–Crippen LogP) is 0.955. The van der Waals surface area contributed by atoms with Crippen molar-refractivity contribution in [2.75, 3.05) is 27.7 Å². The van der Waals surface area contributed by atoms with E-state index in [-0.39, 0.29) is 30.8 Å². The number of esters is 1. The minimum Gasteiger partial charge on any atom is -0.469 e. The van der Waals surface area contributed by atoms with Crippen LogP contribution in [0.15, 0.2) is 0 Å². The van der Waals surface area contributed by atoms with E-state index in [1.807, 2.05) is 19.0 Å². The van der Waals surface area contributed by atoms with Crippen LogP contribution in [-0.2, 0) is 9.53 Å². The quantitative estimate of drug-likeness (QED) is 0.641. The van der Waals surface area contributed by atoms with E-state index in [2.05, 4.69) is 4.74 Å². The maximum atomic E-state index is 10.5. The summed E-state index contributed by atoms with van der Waals surface area (Å²) in [4.78, 5) is 12.4. The van der Waals surface area contributed by atoms with Crippen molar-refractivity contribution in [3.63, 3.8) is 0 Å². The summed E-state index contributed by atoms with van der Waals surface area (Å²) in [5, 5.41) is 0. The van der Waals surface area contributed by atoms with Crippen LogP contribution < -0.4 is 0 Å². The Bertz CT molecular complexity index is 98.6. The van der Waals surface area contributed by atoms with Crippen molar-refractivity contribution in [2.24, 2.45) is 0 Å². The zero-order chi connectivity index (χ0) is 7.28. The SMILES string of the molecule is COC(=O)CCN(C)C.Cl.Cl. The van der Waals surface area contributed by atoms with Crippen molar-refractivity contribution in [1.82, 2.24) is 4.90 Å². The monoisotopic (exact) mass is 203 g/mol. The van der Waals surface area contributed by atoms with E-state index in [0.29, 0.717) is 6.42 Å². The molecule has 0 bridgehead atoms. The zero-order valence-corrected chi connectivity index (χ0v) is 8.63. The molecule has 0 aromatic carbocycles. The van der Waals surface area contributed by atoms with Gasteiger partial charge in [0.1, 0.15) is 0 Å². The number of ether oxygens (including phenoxy) is 1. The highest BCUT2D eigenvalue weighted by Crippen LogP contribution is 1.84. The summed E-state index contributed by atoms with van der Waals surface area (Å²) < 4.78 is 4.43. The van der Waals surface area contributed by atoms with Crippen molar-refractivity contribution in [3.05, 3.63) is 0 Å². The van der Waals surface area contributed by atoms with Gasteiger partial charge in [-0.25, -0.2) is 0 Å². The van der Waals surface area contributed by atoms with Crippen LogP contribution in [0.5, 0.6) is 0 Å². The summed E-state index contributed by atoms with van der Waals surface area (Å²) in [5.41, 5.74) is 0. The molecule has 0 aromatic rings. The van der Waals surface area contributed by atoms with Crippen LogP contribution >= 0.6 is 24.8 Å². The summed E-state index contributed by atoms with van der Waals surface area (Å²) >= 11 is 0. The fourth-order valence-electron chi connectivity index (χ4n) is 0.417. The summed E-state index contributed by atoms with van der Waals surface area (Å²) in [6.45, 7) is 0.757. The Hall–Kier alpha value is 0.01000. The molecular formula is C6H15Cl2NO2. The third-order valence-corrected chi connectivity index (χ3v) is 0.991. The van der Waals surface area contributed by atoms with Crippen molar-refractivity contribution >= 4 is 30.8 Å². The molecule has 0 aliphatic carbocycles. The van der Waals surface area contributed by atoms with Crippen molar-refractivity contribution in [3.8, 4) is 0 Å². The van der Waals surface area contributed by atoms with Crippen LogP contribution in [0.4, 0.5) is 0 Å². The zero-order valence-electron chi connectivity index (χ0n) is 6.99. The van der Waals surface area contributed by atoms with Gasteiger partial charge in [0.05, 0.1) is 13.5 Å². The van der Waals surface area contributed by atoms with E-state index < -0.39 is 0 Å². The fraction of sp³-hybridized carbons (Fsp3) is 0.833. The molecule has 0 saturated heterocycles. The molecule has 0 atom stereocenters. The topological polar surface area (TPSA) is 29.5 Å². The minimum absolute atomic E-state index is 0. The molecule has 0 aromatic heterocycles. The molecule has 0 saturated carbocycles. The molecule has 11 heavy (non-hydrogen) atoms. The fourth-order valence-corrected chi connectivity index (χ4v) is 0.417. The molecule has 5 heteroatoms. The lowest BCUT2D eigenvalue weighted by molar-refractivity contribution is -0.140. The van der Waals surface area contributed by atoms with Gasteiger partial charge in [0, 0.05) is 6.54 Å². The number of methoxy groups -OCH3 is 1. The van der Waals surface area contributed by atoms with Crippen molar-refractivity contribution < 1.29 is 9.53 Å². The summed E-state index contributed by atoms with van der Waals surface area (Å²) in [5.74, 6) is -0.149. The highest BCUT2D eigenvalue weighted by molar-refractivity contribution is 5.85. The first-order valence-electron chi connectivity index (χ1n) is 2.88. The van der Waals surface area contributed by atoms with Crippen LogP contribution in [0.25, 0.3) is 0 Å². The third-order valence-electron chi connectivity index (χ3n) is 0.991. The van der Waals surface area contributed by atoms with Crippen LogP contribution in [0.1, 0.15) is 6.42 Å². The lowest BCUT2D eigenvalue weighted by Crippen LogP contribution is -2.17. The molecule has 0 N–H and O–H groups in total. The molecule has 70 valence electrons. The Labute approximate surface area is 79.9 Å². The van der Waals surface area contributed by atoms with Crippen molar-refractivity contribution in [2.45, 2.75) is 6.42 Å². The van der Waals surface area contributed by atoms with E-state index in [0.717, 1.165) is 6.54 Å². The average Bonchev–Trinajstić information content (AvgIpc) is 1.83. The Morgan fingerprint density at radius 2 is 1.82 bits per heavy atom. The Kier molecular flexibility index (Phi) is 15.6. The molecule has 0 heterocycles. The maximum absolute atomic E-state index is 10.5. The molecule has 0 fully saturated rings. The van der Waals surface area contributed by atoms with Gasteiger partial charge in [-0.3, -0.25) is 4.79 Å². The van der Waals surface area contributed by atoms with Gasteiger partial charge in [-0.15, -0.1) is 24.8 Å². The molecule has 0 amide bonds. The molecule has 0 rings (SSSR count). The van der Waals surface area contributed by atoms with Crippen LogP contribution in [0.2, 0.25) is 0 Å². The number of carbonyl (C=O) groups is 1. The Morgan fingerprint density at radius 3 is 2.09 bits per heavy atom. The maximum Gasteiger partial charge on any atom is 0.306 e. The standard InChI is InChI=1S/C6H13NO2.2ClH/c1-7(2)5-4-6(8)9-3;;/h4-5H2,1-3H3;2*1H. The highest BCUT2D eigenvalue weighted by Gasteiger charge is 1.98. The van der Waals surface area contributed by atoms with Gasteiger partial charge in [0.2, 0.25) is 0 Å². The number of carbonyl (C=O) groups excluding carboxylic acids is 1. The number of hydrogen-bond acceptors (Lipinski definition) is 3. The number of rotatable bonds is 3. The Morgan fingerprint density at radius 1 is 1.36 bits per heavy atom. The summed E-state index contributed by atoms with van der Waals surface area (Å²) in [6, 6.07) is 0. The second-order valence-electron chi connectivity index (χ2n) is 2.13. The Balaban J connectivity index is -0.000000320. The second kappa shape index (κ2) is 10.0. The van der Waals surface area contributed by atoms with E-state index in [9.17, 15) is 4.79 Å². The van der Waals surface area contributed by atoms with Crippen LogP contribution in [0.3, 0.4) is 0 Å². The molecule has 0 spiro atoms. The van der Waals surface area contributed by atoms with E-state index in [1.54, 1.807) is 0 Å². The van der Waals surface area contributed by atoms with E-state index >= 15 is 0 Å². The lowest BCUT2D eigenvalue weighted by Gasteiger charge is -2.06. The normalized spacial score (nSPS) is 8.00. The second-order valence-corrected chi connectivity index (χ2v) is 2.13. The first kappa shape index (κ1) is 17.2.